The van der Waals surface area contributed by atoms with Gasteiger partial charge in [-0.05, 0) is 12.1 Å². The van der Waals surface area contributed by atoms with Gasteiger partial charge < -0.3 is 14.5 Å². The standard InChI is InChI=1S/C14H14F3N5O2S/c15-14(16,17)12-19-20-13(25-12)22-6-4-21(5-7-22)11(23)9-24-10-2-1-3-18-8-10/h1-3,8H,4-7,9H2. The second-order valence-electron chi connectivity index (χ2n) is 5.23. The monoisotopic (exact) mass is 373 g/mol. The summed E-state index contributed by atoms with van der Waals surface area (Å²) in [7, 11) is 0. The maximum atomic E-state index is 12.6. The molecule has 0 spiro atoms. The van der Waals surface area contributed by atoms with Crippen LogP contribution < -0.4 is 9.64 Å². The van der Waals surface area contributed by atoms with Crippen molar-refractivity contribution in [3.63, 3.8) is 0 Å². The fourth-order valence-corrected chi connectivity index (χ4v) is 3.04. The van der Waals surface area contributed by atoms with Gasteiger partial charge in [-0.3, -0.25) is 9.78 Å². The molecule has 0 unspecified atom stereocenters. The first-order valence-corrected chi connectivity index (χ1v) is 8.21. The number of halogens is 3. The number of carbonyl (C=O) groups excluding carboxylic acids is 1. The summed E-state index contributed by atoms with van der Waals surface area (Å²) in [4.78, 5) is 19.3. The summed E-state index contributed by atoms with van der Waals surface area (Å²) >= 11 is 0.507. The first kappa shape index (κ1) is 17.4. The van der Waals surface area contributed by atoms with E-state index in [2.05, 4.69) is 15.2 Å². The lowest BCUT2D eigenvalue weighted by molar-refractivity contribution is -0.138. The molecule has 1 saturated heterocycles. The van der Waals surface area contributed by atoms with Gasteiger partial charge in [-0.1, -0.05) is 11.3 Å². The molecule has 0 saturated carbocycles. The normalized spacial score (nSPS) is 15.3. The van der Waals surface area contributed by atoms with Crippen LogP contribution >= 0.6 is 11.3 Å². The van der Waals surface area contributed by atoms with Crippen LogP contribution in [0.3, 0.4) is 0 Å². The highest BCUT2D eigenvalue weighted by Gasteiger charge is 2.36. The zero-order valence-corrected chi connectivity index (χ0v) is 13.8. The van der Waals surface area contributed by atoms with Gasteiger partial charge in [0.2, 0.25) is 10.1 Å². The Bertz CT molecular complexity index is 717. The maximum absolute atomic E-state index is 12.6. The number of aromatic nitrogens is 3. The van der Waals surface area contributed by atoms with Crippen molar-refractivity contribution in [2.24, 2.45) is 0 Å². The number of anilines is 1. The summed E-state index contributed by atoms with van der Waals surface area (Å²) < 4.78 is 43.1. The zero-order valence-electron chi connectivity index (χ0n) is 12.9. The van der Waals surface area contributed by atoms with E-state index < -0.39 is 11.2 Å². The molecular weight excluding hydrogens is 359 g/mol. The van der Waals surface area contributed by atoms with Gasteiger partial charge >= 0.3 is 6.18 Å². The van der Waals surface area contributed by atoms with Crippen molar-refractivity contribution in [2.75, 3.05) is 37.7 Å². The molecule has 2 aromatic rings. The number of alkyl halides is 3. The Morgan fingerprint density at radius 3 is 2.60 bits per heavy atom. The summed E-state index contributed by atoms with van der Waals surface area (Å²) in [5.41, 5.74) is 0. The SMILES string of the molecule is O=C(COc1cccnc1)N1CCN(c2nnc(C(F)(F)F)s2)CC1. The maximum Gasteiger partial charge on any atom is 0.445 e. The molecule has 3 heterocycles. The van der Waals surface area contributed by atoms with Crippen LogP contribution in [0.15, 0.2) is 24.5 Å². The van der Waals surface area contributed by atoms with Crippen molar-refractivity contribution < 1.29 is 22.7 Å². The minimum absolute atomic E-state index is 0.108. The van der Waals surface area contributed by atoms with Crippen molar-refractivity contribution in [3.8, 4) is 5.75 Å². The number of amides is 1. The summed E-state index contributed by atoms with van der Waals surface area (Å²) in [6.45, 7) is 1.45. The van der Waals surface area contributed by atoms with E-state index in [9.17, 15) is 18.0 Å². The van der Waals surface area contributed by atoms with E-state index in [1.807, 2.05) is 0 Å². The minimum atomic E-state index is -4.49. The molecule has 0 atom stereocenters. The first-order valence-electron chi connectivity index (χ1n) is 7.40. The Balaban J connectivity index is 1.50. The Morgan fingerprint density at radius 1 is 1.24 bits per heavy atom. The molecule has 0 bridgehead atoms. The van der Waals surface area contributed by atoms with E-state index in [0.29, 0.717) is 43.3 Å². The lowest BCUT2D eigenvalue weighted by Gasteiger charge is -2.34. The third-order valence-corrected chi connectivity index (χ3v) is 4.59. The number of hydrogen-bond donors (Lipinski definition) is 0. The molecule has 1 amide bonds. The predicted octanol–water partition coefficient (Wildman–Crippen LogP) is 1.68. The lowest BCUT2D eigenvalue weighted by Crippen LogP contribution is -2.50. The number of ether oxygens (including phenoxy) is 1. The van der Waals surface area contributed by atoms with Crippen molar-refractivity contribution in [1.82, 2.24) is 20.1 Å². The molecule has 3 rings (SSSR count). The van der Waals surface area contributed by atoms with Gasteiger partial charge in [-0.2, -0.15) is 13.2 Å². The van der Waals surface area contributed by atoms with Crippen molar-refractivity contribution in [1.29, 1.82) is 0 Å². The third kappa shape index (κ3) is 4.35. The van der Waals surface area contributed by atoms with E-state index in [4.69, 9.17) is 4.74 Å². The number of rotatable bonds is 4. The van der Waals surface area contributed by atoms with Gasteiger partial charge in [0.1, 0.15) is 5.75 Å². The van der Waals surface area contributed by atoms with Crippen LogP contribution in [0.5, 0.6) is 5.75 Å². The Kier molecular flexibility index (Phi) is 5.02. The minimum Gasteiger partial charge on any atom is -0.482 e. The molecule has 0 aliphatic carbocycles. The van der Waals surface area contributed by atoms with Gasteiger partial charge in [0.05, 0.1) is 6.20 Å². The van der Waals surface area contributed by atoms with Gasteiger partial charge in [0.25, 0.3) is 5.91 Å². The van der Waals surface area contributed by atoms with Gasteiger partial charge in [0.15, 0.2) is 6.61 Å². The molecule has 1 aliphatic heterocycles. The van der Waals surface area contributed by atoms with E-state index in [1.165, 1.54) is 6.20 Å². The molecule has 2 aromatic heterocycles. The number of piperazine rings is 1. The van der Waals surface area contributed by atoms with E-state index in [0.717, 1.165) is 0 Å². The van der Waals surface area contributed by atoms with Crippen LogP contribution in [0.2, 0.25) is 0 Å². The van der Waals surface area contributed by atoms with Crippen LogP contribution in [-0.4, -0.2) is 58.8 Å². The van der Waals surface area contributed by atoms with Crippen LogP contribution in [0.25, 0.3) is 0 Å². The number of hydrogen-bond acceptors (Lipinski definition) is 7. The van der Waals surface area contributed by atoms with E-state index in [1.54, 1.807) is 28.1 Å². The largest absolute Gasteiger partial charge is 0.482 e. The fourth-order valence-electron chi connectivity index (χ4n) is 2.27. The van der Waals surface area contributed by atoms with Crippen LogP contribution in [0.4, 0.5) is 18.3 Å². The lowest BCUT2D eigenvalue weighted by atomic mass is 10.3. The summed E-state index contributed by atoms with van der Waals surface area (Å²) in [6, 6.07) is 3.40. The molecule has 7 nitrogen and oxygen atoms in total. The van der Waals surface area contributed by atoms with Crippen LogP contribution in [0.1, 0.15) is 5.01 Å². The predicted molar refractivity (Wildman–Crippen MR) is 83.4 cm³/mol. The average Bonchev–Trinajstić information content (AvgIpc) is 3.11. The van der Waals surface area contributed by atoms with E-state index in [-0.39, 0.29) is 17.6 Å². The van der Waals surface area contributed by atoms with Crippen molar-refractivity contribution in [3.05, 3.63) is 29.5 Å². The van der Waals surface area contributed by atoms with E-state index >= 15 is 0 Å². The second-order valence-corrected chi connectivity index (χ2v) is 6.19. The first-order chi connectivity index (χ1) is 11.9. The van der Waals surface area contributed by atoms with Gasteiger partial charge in [-0.15, -0.1) is 10.2 Å². The van der Waals surface area contributed by atoms with Crippen molar-refractivity contribution in [2.45, 2.75) is 6.18 Å². The Labute approximate surface area is 145 Å². The third-order valence-electron chi connectivity index (χ3n) is 3.56. The highest BCUT2D eigenvalue weighted by molar-refractivity contribution is 7.15. The quantitative estimate of drug-likeness (QED) is 0.812. The molecule has 134 valence electrons. The van der Waals surface area contributed by atoms with Crippen molar-refractivity contribution >= 4 is 22.4 Å². The highest BCUT2D eigenvalue weighted by Crippen LogP contribution is 2.34. The van der Waals surface area contributed by atoms with Gasteiger partial charge in [0, 0.05) is 32.4 Å². The molecule has 1 fully saturated rings. The van der Waals surface area contributed by atoms with Crippen LogP contribution in [0, 0.1) is 0 Å². The zero-order chi connectivity index (χ0) is 17.9. The highest BCUT2D eigenvalue weighted by atomic mass is 32.1. The summed E-state index contributed by atoms with van der Waals surface area (Å²) in [6.07, 6.45) is -1.37. The molecule has 25 heavy (non-hydrogen) atoms. The number of pyridine rings is 1. The van der Waals surface area contributed by atoms with Gasteiger partial charge in [-0.25, -0.2) is 0 Å². The summed E-state index contributed by atoms with van der Waals surface area (Å²) in [5, 5.41) is 6.01. The Hall–Kier alpha value is -2.43. The molecule has 0 aromatic carbocycles. The summed E-state index contributed by atoms with van der Waals surface area (Å²) in [5.74, 6) is 0.319. The smallest absolute Gasteiger partial charge is 0.445 e. The molecule has 0 radical (unpaired) electrons. The second kappa shape index (κ2) is 7.21. The molecular formula is C14H14F3N5O2S. The number of carbonyl (C=O) groups is 1. The molecule has 11 heteroatoms. The molecule has 0 N–H and O–H groups in total. The van der Waals surface area contributed by atoms with Crippen LogP contribution in [-0.2, 0) is 11.0 Å². The average molecular weight is 373 g/mol. The Morgan fingerprint density at radius 2 is 2.00 bits per heavy atom. The number of nitrogens with zero attached hydrogens (tertiary/aromatic N) is 5. The fraction of sp³-hybridized carbons (Fsp3) is 0.429. The molecule has 1 aliphatic rings. The topological polar surface area (TPSA) is 71.5 Å².